The smallest absolute Gasteiger partial charge is 0.236 e. The molecule has 1 aromatic carbocycles. The fourth-order valence-corrected chi connectivity index (χ4v) is 2.33. The lowest BCUT2D eigenvalue weighted by Gasteiger charge is -2.17. The van der Waals surface area contributed by atoms with Crippen LogP contribution >= 0.6 is 0 Å². The average Bonchev–Trinajstić information content (AvgIpc) is 3.02. The number of aromatic nitrogens is 2. The molecule has 0 saturated carbocycles. The zero-order valence-electron chi connectivity index (χ0n) is 11.4. The van der Waals surface area contributed by atoms with Crippen LogP contribution in [0.2, 0.25) is 0 Å². The first-order valence-corrected chi connectivity index (χ1v) is 6.47. The highest BCUT2D eigenvalue weighted by atomic mass is 16.2. The third-order valence-electron chi connectivity index (χ3n) is 3.38. The number of benzene rings is 1. The molecule has 0 radical (unpaired) electrons. The van der Waals surface area contributed by atoms with Gasteiger partial charge in [-0.05, 0) is 19.1 Å². The van der Waals surface area contributed by atoms with Crippen molar-refractivity contribution in [2.45, 2.75) is 13.3 Å². The molecular weight excluding hydrogens is 268 g/mol. The third kappa shape index (κ3) is 2.19. The van der Waals surface area contributed by atoms with Crippen LogP contribution in [0.1, 0.15) is 17.5 Å². The van der Waals surface area contributed by atoms with E-state index in [4.69, 9.17) is 0 Å². The zero-order valence-corrected chi connectivity index (χ0v) is 11.4. The van der Waals surface area contributed by atoms with Crippen LogP contribution in [-0.2, 0) is 9.59 Å². The van der Waals surface area contributed by atoms with Gasteiger partial charge in [0.15, 0.2) is 11.6 Å². The molecule has 3 rings (SSSR count). The van der Waals surface area contributed by atoms with Crippen molar-refractivity contribution in [3.05, 3.63) is 41.6 Å². The number of hydrogen-bond donors (Lipinski definition) is 0. The monoisotopic (exact) mass is 280 g/mol. The minimum Gasteiger partial charge on any atom is -0.297 e. The molecule has 104 valence electrons. The van der Waals surface area contributed by atoms with Crippen LogP contribution in [0.3, 0.4) is 0 Å². The molecule has 0 spiro atoms. The number of anilines is 1. The molecule has 1 aliphatic heterocycles. The first kappa shape index (κ1) is 13.1. The predicted octanol–water partition coefficient (Wildman–Crippen LogP) is 1.36. The summed E-state index contributed by atoms with van der Waals surface area (Å²) < 4.78 is 1.52. The summed E-state index contributed by atoms with van der Waals surface area (Å²) in [5.74, 6) is -0.0943. The summed E-state index contributed by atoms with van der Waals surface area (Å²) in [5.41, 5.74) is 2.11. The average molecular weight is 280 g/mol. The fourth-order valence-electron chi connectivity index (χ4n) is 2.33. The van der Waals surface area contributed by atoms with Crippen molar-refractivity contribution in [2.75, 3.05) is 11.4 Å². The quantitative estimate of drug-likeness (QED) is 0.778. The van der Waals surface area contributed by atoms with Crippen LogP contribution in [0.4, 0.5) is 5.82 Å². The molecule has 6 heteroatoms. The number of hydrogen-bond acceptors (Lipinski definition) is 4. The Bertz CT molecular complexity index is 768. The summed E-state index contributed by atoms with van der Waals surface area (Å²) >= 11 is 0. The van der Waals surface area contributed by atoms with E-state index < -0.39 is 0 Å². The van der Waals surface area contributed by atoms with E-state index in [1.165, 1.54) is 15.8 Å². The van der Waals surface area contributed by atoms with Crippen molar-refractivity contribution >= 4 is 17.5 Å². The highest BCUT2D eigenvalue weighted by Gasteiger charge is 2.33. The second kappa shape index (κ2) is 4.87. The van der Waals surface area contributed by atoms with Gasteiger partial charge in [0.2, 0.25) is 5.91 Å². The van der Waals surface area contributed by atoms with Gasteiger partial charge < -0.3 is 0 Å². The van der Waals surface area contributed by atoms with E-state index in [0.29, 0.717) is 5.82 Å². The third-order valence-corrected chi connectivity index (χ3v) is 3.38. The summed E-state index contributed by atoms with van der Waals surface area (Å²) in [6.07, 6.45) is 1.29. The second-order valence-electron chi connectivity index (χ2n) is 4.94. The number of amides is 1. The number of rotatable bonds is 2. The Morgan fingerprint density at radius 2 is 1.95 bits per heavy atom. The molecule has 2 heterocycles. The van der Waals surface area contributed by atoms with Crippen LogP contribution in [0.25, 0.3) is 5.69 Å². The van der Waals surface area contributed by atoms with Crippen molar-refractivity contribution in [1.82, 2.24) is 9.78 Å². The fraction of sp³-hybridized carbons (Fsp3) is 0.200. The van der Waals surface area contributed by atoms with Crippen LogP contribution in [0, 0.1) is 18.3 Å². The van der Waals surface area contributed by atoms with Gasteiger partial charge >= 0.3 is 0 Å². The van der Waals surface area contributed by atoms with E-state index in [2.05, 4.69) is 5.10 Å². The molecular formula is C15H12N4O2. The van der Waals surface area contributed by atoms with E-state index in [-0.39, 0.29) is 30.2 Å². The number of nitrogens with zero attached hydrogens (tertiary/aromatic N) is 4. The minimum absolute atomic E-state index is 0.00886. The van der Waals surface area contributed by atoms with Gasteiger partial charge in [0, 0.05) is 0 Å². The van der Waals surface area contributed by atoms with Crippen molar-refractivity contribution in [3.63, 3.8) is 0 Å². The summed E-state index contributed by atoms with van der Waals surface area (Å²) in [5, 5.41) is 13.4. The van der Waals surface area contributed by atoms with E-state index in [9.17, 15) is 14.9 Å². The molecule has 1 aromatic heterocycles. The van der Waals surface area contributed by atoms with Gasteiger partial charge in [0.25, 0.3) is 0 Å². The Balaban J connectivity index is 2.13. The number of nitriles is 1. The summed E-state index contributed by atoms with van der Waals surface area (Å²) in [6.45, 7) is 1.96. The van der Waals surface area contributed by atoms with Gasteiger partial charge in [-0.2, -0.15) is 10.4 Å². The molecule has 0 bridgehead atoms. The molecule has 1 fully saturated rings. The Morgan fingerprint density at radius 1 is 1.24 bits per heavy atom. The SMILES string of the molecule is Cc1ccc(-n2ncc(C#N)c2N2CC(=O)CC2=O)cc1. The lowest BCUT2D eigenvalue weighted by atomic mass is 10.2. The molecule has 0 N–H and O–H groups in total. The van der Waals surface area contributed by atoms with Crippen molar-refractivity contribution in [3.8, 4) is 11.8 Å². The topological polar surface area (TPSA) is 79.0 Å². The number of ketones is 1. The number of carbonyl (C=O) groups is 2. The van der Waals surface area contributed by atoms with Crippen LogP contribution < -0.4 is 4.90 Å². The molecule has 0 aliphatic carbocycles. The second-order valence-corrected chi connectivity index (χ2v) is 4.94. The Morgan fingerprint density at radius 3 is 2.52 bits per heavy atom. The van der Waals surface area contributed by atoms with E-state index >= 15 is 0 Å². The molecule has 0 unspecified atom stereocenters. The maximum Gasteiger partial charge on any atom is 0.236 e. The zero-order chi connectivity index (χ0) is 15.0. The summed E-state index contributed by atoms with van der Waals surface area (Å²) in [4.78, 5) is 24.7. The molecule has 1 saturated heterocycles. The van der Waals surface area contributed by atoms with Gasteiger partial charge in [0.05, 0.1) is 24.8 Å². The number of Topliss-reactive ketones (excluding diaryl/α,β-unsaturated/α-hetero) is 1. The summed E-state index contributed by atoms with van der Waals surface area (Å²) in [7, 11) is 0. The Hall–Kier alpha value is -2.94. The highest BCUT2D eigenvalue weighted by Crippen LogP contribution is 2.27. The first-order chi connectivity index (χ1) is 10.1. The largest absolute Gasteiger partial charge is 0.297 e. The molecule has 6 nitrogen and oxygen atoms in total. The van der Waals surface area contributed by atoms with Gasteiger partial charge in [-0.3, -0.25) is 14.5 Å². The van der Waals surface area contributed by atoms with Crippen molar-refractivity contribution < 1.29 is 9.59 Å². The Labute approximate surface area is 121 Å². The molecule has 0 atom stereocenters. The number of aryl methyl sites for hydroxylation is 1. The summed E-state index contributed by atoms with van der Waals surface area (Å²) in [6, 6.07) is 9.57. The van der Waals surface area contributed by atoms with Crippen LogP contribution in [0.15, 0.2) is 30.5 Å². The predicted molar refractivity (Wildman–Crippen MR) is 75.0 cm³/mol. The lowest BCUT2D eigenvalue weighted by molar-refractivity contribution is -0.121. The highest BCUT2D eigenvalue weighted by molar-refractivity contribution is 6.15. The molecule has 21 heavy (non-hydrogen) atoms. The molecule has 1 aliphatic rings. The number of carbonyl (C=O) groups excluding carboxylic acids is 2. The van der Waals surface area contributed by atoms with Crippen LogP contribution in [0.5, 0.6) is 0 Å². The van der Waals surface area contributed by atoms with E-state index in [1.807, 2.05) is 37.3 Å². The van der Waals surface area contributed by atoms with Gasteiger partial charge in [-0.25, -0.2) is 4.68 Å². The normalized spacial score (nSPS) is 14.6. The van der Waals surface area contributed by atoms with Gasteiger partial charge in [0.1, 0.15) is 11.6 Å². The Kier molecular flexibility index (Phi) is 3.03. The lowest BCUT2D eigenvalue weighted by Crippen LogP contribution is -2.27. The van der Waals surface area contributed by atoms with E-state index in [0.717, 1.165) is 11.3 Å². The van der Waals surface area contributed by atoms with Gasteiger partial charge in [-0.1, -0.05) is 17.7 Å². The molecule has 1 amide bonds. The van der Waals surface area contributed by atoms with Crippen LogP contribution in [-0.4, -0.2) is 28.0 Å². The maximum absolute atomic E-state index is 11.9. The minimum atomic E-state index is -0.301. The van der Waals surface area contributed by atoms with Crippen molar-refractivity contribution in [2.24, 2.45) is 0 Å². The molecule has 2 aromatic rings. The van der Waals surface area contributed by atoms with Crippen molar-refractivity contribution in [1.29, 1.82) is 5.26 Å². The van der Waals surface area contributed by atoms with E-state index in [1.54, 1.807) is 0 Å². The first-order valence-electron chi connectivity index (χ1n) is 6.47. The van der Waals surface area contributed by atoms with Gasteiger partial charge in [-0.15, -0.1) is 0 Å². The standard InChI is InChI=1S/C15H12N4O2/c1-10-2-4-12(5-3-10)19-15(11(7-16)8-17-19)18-9-13(20)6-14(18)21/h2-5,8H,6,9H2,1H3. The maximum atomic E-state index is 11.9.